The average molecular weight is 378 g/mol. The van der Waals surface area contributed by atoms with Crippen molar-refractivity contribution in [1.29, 1.82) is 0 Å². The molecule has 0 radical (unpaired) electrons. The topological polar surface area (TPSA) is 63.3 Å². The van der Waals surface area contributed by atoms with Crippen molar-refractivity contribution < 1.29 is 14.3 Å². The van der Waals surface area contributed by atoms with Crippen LogP contribution >= 0.6 is 0 Å². The van der Waals surface area contributed by atoms with Gasteiger partial charge < -0.3 is 19.8 Å². The fourth-order valence-electron chi connectivity index (χ4n) is 4.10. The number of methoxy groups -OCH3 is 2. The van der Waals surface area contributed by atoms with Crippen LogP contribution in [0.3, 0.4) is 0 Å². The standard InChI is InChI=1S/C23H26N2O3/c1-27-21-11-7-15(13-22(21)28-2)8-12-23(26)24-16-9-10-18-17-5-3-4-6-19(17)25-20(18)14-16/h3-7,11,13,16,25H,8-10,12,14H2,1-2H3,(H,24,26). The molecule has 1 unspecified atom stereocenters. The molecule has 28 heavy (non-hydrogen) atoms. The zero-order valence-corrected chi connectivity index (χ0v) is 16.4. The number of aryl methyl sites for hydroxylation is 2. The molecule has 2 N–H and O–H groups in total. The molecule has 0 saturated carbocycles. The van der Waals surface area contributed by atoms with Crippen LogP contribution in [-0.4, -0.2) is 31.2 Å². The molecule has 0 saturated heterocycles. The lowest BCUT2D eigenvalue weighted by atomic mass is 9.91. The highest BCUT2D eigenvalue weighted by Crippen LogP contribution is 2.30. The second-order valence-corrected chi connectivity index (χ2v) is 7.32. The molecule has 146 valence electrons. The van der Waals surface area contributed by atoms with Crippen molar-refractivity contribution >= 4 is 16.8 Å². The van der Waals surface area contributed by atoms with Crippen LogP contribution in [0.5, 0.6) is 11.5 Å². The SMILES string of the molecule is COc1ccc(CCC(=O)NC2CCc3c([nH]c4ccccc34)C2)cc1OC. The fraction of sp³-hybridized carbons (Fsp3) is 0.348. The summed E-state index contributed by atoms with van der Waals surface area (Å²) in [5, 5.41) is 4.53. The molecule has 0 aliphatic heterocycles. The van der Waals surface area contributed by atoms with Gasteiger partial charge in [-0.15, -0.1) is 0 Å². The first-order valence-electron chi connectivity index (χ1n) is 9.76. The van der Waals surface area contributed by atoms with Gasteiger partial charge in [0, 0.05) is 35.5 Å². The predicted molar refractivity (Wildman–Crippen MR) is 110 cm³/mol. The first-order valence-corrected chi connectivity index (χ1v) is 9.76. The summed E-state index contributed by atoms with van der Waals surface area (Å²) in [6.45, 7) is 0. The molecule has 3 aromatic rings. The third-order valence-electron chi connectivity index (χ3n) is 5.55. The summed E-state index contributed by atoms with van der Waals surface area (Å²) in [6.07, 6.45) is 3.99. The maximum Gasteiger partial charge on any atom is 0.220 e. The Kier molecular flexibility index (Phi) is 5.24. The Labute approximate surface area is 165 Å². The number of fused-ring (bicyclic) bond motifs is 3. The van der Waals surface area contributed by atoms with Crippen LogP contribution in [0, 0.1) is 0 Å². The molecule has 0 fully saturated rings. The van der Waals surface area contributed by atoms with Crippen LogP contribution in [0.25, 0.3) is 10.9 Å². The summed E-state index contributed by atoms with van der Waals surface area (Å²) in [5.74, 6) is 1.49. The Morgan fingerprint density at radius 2 is 1.96 bits per heavy atom. The van der Waals surface area contributed by atoms with E-state index in [1.165, 1.54) is 22.2 Å². The lowest BCUT2D eigenvalue weighted by Crippen LogP contribution is -2.38. The normalized spacial score (nSPS) is 15.9. The summed E-state index contributed by atoms with van der Waals surface area (Å²) in [7, 11) is 3.24. The minimum absolute atomic E-state index is 0.0966. The van der Waals surface area contributed by atoms with Gasteiger partial charge in [0.2, 0.25) is 5.91 Å². The summed E-state index contributed by atoms with van der Waals surface area (Å²) >= 11 is 0. The van der Waals surface area contributed by atoms with E-state index in [2.05, 4.69) is 34.6 Å². The van der Waals surface area contributed by atoms with E-state index in [0.29, 0.717) is 24.3 Å². The molecular weight excluding hydrogens is 352 g/mol. The Bertz CT molecular complexity index is 993. The summed E-state index contributed by atoms with van der Waals surface area (Å²) < 4.78 is 10.6. The average Bonchev–Trinajstić information content (AvgIpc) is 3.09. The maximum absolute atomic E-state index is 12.5. The van der Waals surface area contributed by atoms with Crippen LogP contribution in [-0.2, 0) is 24.1 Å². The Morgan fingerprint density at radius 3 is 2.79 bits per heavy atom. The minimum atomic E-state index is 0.0966. The third kappa shape index (κ3) is 3.70. The molecule has 5 heteroatoms. The number of amides is 1. The number of hydrogen-bond donors (Lipinski definition) is 2. The largest absolute Gasteiger partial charge is 0.493 e. The number of nitrogens with one attached hydrogen (secondary N) is 2. The number of aromatic nitrogens is 1. The Balaban J connectivity index is 1.34. The van der Waals surface area contributed by atoms with Gasteiger partial charge in [-0.2, -0.15) is 0 Å². The van der Waals surface area contributed by atoms with Gasteiger partial charge in [-0.05, 0) is 48.6 Å². The van der Waals surface area contributed by atoms with Crippen LogP contribution in [0.2, 0.25) is 0 Å². The number of rotatable bonds is 6. The Morgan fingerprint density at radius 1 is 1.14 bits per heavy atom. The van der Waals surface area contributed by atoms with Gasteiger partial charge in [-0.25, -0.2) is 0 Å². The number of benzene rings is 2. The Hall–Kier alpha value is -2.95. The summed E-state index contributed by atoms with van der Waals surface area (Å²) in [4.78, 5) is 16.0. The van der Waals surface area contributed by atoms with Gasteiger partial charge >= 0.3 is 0 Å². The molecule has 1 atom stereocenters. The van der Waals surface area contributed by atoms with Crippen LogP contribution < -0.4 is 14.8 Å². The van der Waals surface area contributed by atoms with E-state index in [1.54, 1.807) is 14.2 Å². The fourth-order valence-corrected chi connectivity index (χ4v) is 4.10. The van der Waals surface area contributed by atoms with Gasteiger partial charge in [0.15, 0.2) is 11.5 Å². The van der Waals surface area contributed by atoms with Crippen molar-refractivity contribution in [3.8, 4) is 11.5 Å². The highest BCUT2D eigenvalue weighted by atomic mass is 16.5. The van der Waals surface area contributed by atoms with E-state index in [0.717, 1.165) is 24.8 Å². The molecule has 1 aliphatic carbocycles. The first-order chi connectivity index (χ1) is 13.7. The molecule has 2 aromatic carbocycles. The monoisotopic (exact) mass is 378 g/mol. The van der Waals surface area contributed by atoms with Gasteiger partial charge in [-0.1, -0.05) is 24.3 Å². The molecule has 4 rings (SSSR count). The highest BCUT2D eigenvalue weighted by Gasteiger charge is 2.23. The summed E-state index contributed by atoms with van der Waals surface area (Å²) in [6, 6.07) is 14.4. The number of carbonyl (C=O) groups is 1. The molecule has 1 aliphatic rings. The molecule has 1 heterocycles. The van der Waals surface area contributed by atoms with Crippen molar-refractivity contribution in [1.82, 2.24) is 10.3 Å². The summed E-state index contributed by atoms with van der Waals surface area (Å²) in [5.41, 5.74) is 4.92. The quantitative estimate of drug-likeness (QED) is 0.686. The highest BCUT2D eigenvalue weighted by molar-refractivity contribution is 5.85. The van der Waals surface area contributed by atoms with Crippen molar-refractivity contribution in [3.63, 3.8) is 0 Å². The van der Waals surface area contributed by atoms with Gasteiger partial charge in [-0.3, -0.25) is 4.79 Å². The number of H-pyrrole nitrogens is 1. The zero-order valence-electron chi connectivity index (χ0n) is 16.4. The minimum Gasteiger partial charge on any atom is -0.493 e. The molecule has 0 spiro atoms. The van der Waals surface area contributed by atoms with Crippen molar-refractivity contribution in [2.24, 2.45) is 0 Å². The van der Waals surface area contributed by atoms with Crippen molar-refractivity contribution in [2.75, 3.05) is 14.2 Å². The number of aromatic amines is 1. The molecule has 1 amide bonds. The van der Waals surface area contributed by atoms with E-state index in [4.69, 9.17) is 9.47 Å². The molecule has 5 nitrogen and oxygen atoms in total. The van der Waals surface area contributed by atoms with E-state index < -0.39 is 0 Å². The number of para-hydroxylation sites is 1. The van der Waals surface area contributed by atoms with Crippen LogP contribution in [0.4, 0.5) is 0 Å². The van der Waals surface area contributed by atoms with E-state index in [1.807, 2.05) is 18.2 Å². The van der Waals surface area contributed by atoms with Gasteiger partial charge in [0.05, 0.1) is 14.2 Å². The molecule has 1 aromatic heterocycles. The third-order valence-corrected chi connectivity index (χ3v) is 5.55. The lowest BCUT2D eigenvalue weighted by molar-refractivity contribution is -0.121. The number of carbonyl (C=O) groups excluding carboxylic acids is 1. The first kappa shape index (κ1) is 18.4. The smallest absolute Gasteiger partial charge is 0.220 e. The second-order valence-electron chi connectivity index (χ2n) is 7.32. The van der Waals surface area contributed by atoms with Gasteiger partial charge in [0.1, 0.15) is 0 Å². The lowest BCUT2D eigenvalue weighted by Gasteiger charge is -2.23. The van der Waals surface area contributed by atoms with Crippen molar-refractivity contribution in [2.45, 2.75) is 38.1 Å². The maximum atomic E-state index is 12.5. The number of hydrogen-bond acceptors (Lipinski definition) is 3. The van der Waals surface area contributed by atoms with Crippen LogP contribution in [0.15, 0.2) is 42.5 Å². The predicted octanol–water partition coefficient (Wildman–Crippen LogP) is 3.79. The van der Waals surface area contributed by atoms with E-state index >= 15 is 0 Å². The number of ether oxygens (including phenoxy) is 2. The molecule has 0 bridgehead atoms. The molecular formula is C23H26N2O3. The van der Waals surface area contributed by atoms with Crippen LogP contribution in [0.1, 0.15) is 29.7 Å². The van der Waals surface area contributed by atoms with E-state index in [9.17, 15) is 4.79 Å². The van der Waals surface area contributed by atoms with Gasteiger partial charge in [0.25, 0.3) is 0 Å². The van der Waals surface area contributed by atoms with Crippen molar-refractivity contribution in [3.05, 3.63) is 59.3 Å². The second kappa shape index (κ2) is 7.97. The zero-order chi connectivity index (χ0) is 19.5. The van der Waals surface area contributed by atoms with E-state index in [-0.39, 0.29) is 11.9 Å².